The first-order chi connectivity index (χ1) is 16.1. The lowest BCUT2D eigenvalue weighted by atomic mass is 9.81. The van der Waals surface area contributed by atoms with Crippen LogP contribution in [0.4, 0.5) is 0 Å². The second-order valence-electron chi connectivity index (χ2n) is 9.40. The molecule has 2 unspecified atom stereocenters. The molecule has 1 saturated carbocycles. The summed E-state index contributed by atoms with van der Waals surface area (Å²) in [7, 11) is 0. The van der Waals surface area contributed by atoms with Crippen LogP contribution < -0.4 is 0 Å². The molecule has 0 bridgehead atoms. The molecular weight excluding hydrogens is 414 g/mol. The highest BCUT2D eigenvalue weighted by Crippen LogP contribution is 2.38. The minimum absolute atomic E-state index is 0.106. The number of nitrogens with zero attached hydrogens (tertiary/aromatic N) is 3. The lowest BCUT2D eigenvalue weighted by molar-refractivity contribution is -0.147. The van der Waals surface area contributed by atoms with Gasteiger partial charge in [0.15, 0.2) is 0 Å². The maximum absolute atomic E-state index is 13.0. The molecule has 6 nitrogen and oxygen atoms in total. The van der Waals surface area contributed by atoms with Crippen LogP contribution in [0, 0.1) is 11.8 Å². The van der Waals surface area contributed by atoms with Crippen LogP contribution in [0.15, 0.2) is 60.7 Å². The number of piperazine rings is 1. The number of carbonyl (C=O) groups is 3. The van der Waals surface area contributed by atoms with Crippen molar-refractivity contribution < 1.29 is 14.4 Å². The van der Waals surface area contributed by atoms with E-state index < -0.39 is 0 Å². The van der Waals surface area contributed by atoms with Gasteiger partial charge in [0.25, 0.3) is 0 Å². The van der Waals surface area contributed by atoms with Crippen LogP contribution in [0.25, 0.3) is 0 Å². The van der Waals surface area contributed by atoms with Crippen molar-refractivity contribution in [1.29, 1.82) is 0 Å². The Labute approximate surface area is 195 Å². The lowest BCUT2D eigenvalue weighted by Gasteiger charge is -2.40. The van der Waals surface area contributed by atoms with Gasteiger partial charge in [0.05, 0.1) is 17.9 Å². The fraction of sp³-hybridized carbons (Fsp3) is 0.444. The van der Waals surface area contributed by atoms with Crippen molar-refractivity contribution in [2.24, 2.45) is 11.8 Å². The molecule has 1 aliphatic carbocycles. The summed E-state index contributed by atoms with van der Waals surface area (Å²) in [5.74, 6) is -0.789. The van der Waals surface area contributed by atoms with Gasteiger partial charge in [-0.15, -0.1) is 0 Å². The Hall–Kier alpha value is -2.99. The highest BCUT2D eigenvalue weighted by Gasteiger charge is 2.48. The molecule has 2 saturated heterocycles. The molecule has 3 aliphatic rings. The molecule has 172 valence electrons. The second kappa shape index (κ2) is 9.48. The number of amides is 3. The van der Waals surface area contributed by atoms with Gasteiger partial charge in [-0.2, -0.15) is 0 Å². The summed E-state index contributed by atoms with van der Waals surface area (Å²) < 4.78 is 0. The maximum atomic E-state index is 13.0. The molecule has 2 heterocycles. The van der Waals surface area contributed by atoms with Crippen LogP contribution in [0.2, 0.25) is 0 Å². The molecule has 2 aromatic carbocycles. The zero-order valence-corrected chi connectivity index (χ0v) is 18.9. The average Bonchev–Trinajstić information content (AvgIpc) is 3.11. The quantitative estimate of drug-likeness (QED) is 0.664. The van der Waals surface area contributed by atoms with E-state index in [1.54, 1.807) is 0 Å². The monoisotopic (exact) mass is 445 g/mol. The molecule has 33 heavy (non-hydrogen) atoms. The van der Waals surface area contributed by atoms with Crippen molar-refractivity contribution in [3.8, 4) is 0 Å². The standard InChI is InChI=1S/C27H31N3O3/c31-24(19-30-26(32)22-13-7-8-14-23(22)27(30)33)28-15-17-29(18-16-28)25(20-9-3-1-4-10-20)21-11-5-2-6-12-21/h1-6,9-12,22-23,25H,7-8,13-19H2. The van der Waals surface area contributed by atoms with Gasteiger partial charge in [0, 0.05) is 26.2 Å². The fourth-order valence-electron chi connectivity index (χ4n) is 5.74. The van der Waals surface area contributed by atoms with E-state index in [-0.39, 0.29) is 42.1 Å². The lowest BCUT2D eigenvalue weighted by Crippen LogP contribution is -2.52. The summed E-state index contributed by atoms with van der Waals surface area (Å²) >= 11 is 0. The number of fused-ring (bicyclic) bond motifs is 1. The molecule has 0 aromatic heterocycles. The highest BCUT2D eigenvalue weighted by atomic mass is 16.2. The first-order valence-electron chi connectivity index (χ1n) is 12.1. The Morgan fingerprint density at radius 1 is 0.758 bits per heavy atom. The first-order valence-corrected chi connectivity index (χ1v) is 12.1. The molecular formula is C27H31N3O3. The third kappa shape index (κ3) is 4.32. The van der Waals surface area contributed by atoms with Gasteiger partial charge in [-0.05, 0) is 24.0 Å². The number of imide groups is 1. The molecule has 5 rings (SSSR count). The van der Waals surface area contributed by atoms with Crippen molar-refractivity contribution >= 4 is 17.7 Å². The van der Waals surface area contributed by atoms with Gasteiger partial charge in [0.2, 0.25) is 17.7 Å². The molecule has 0 radical (unpaired) electrons. The van der Waals surface area contributed by atoms with E-state index in [2.05, 4.69) is 53.4 Å². The number of hydrogen-bond acceptors (Lipinski definition) is 4. The van der Waals surface area contributed by atoms with Gasteiger partial charge in [-0.25, -0.2) is 0 Å². The molecule has 2 atom stereocenters. The summed E-state index contributed by atoms with van der Waals surface area (Å²) in [6, 6.07) is 21.0. The zero-order chi connectivity index (χ0) is 22.8. The smallest absolute Gasteiger partial charge is 0.242 e. The van der Waals surface area contributed by atoms with E-state index >= 15 is 0 Å². The number of hydrogen-bond donors (Lipinski definition) is 0. The molecule has 2 aliphatic heterocycles. The van der Waals surface area contributed by atoms with E-state index in [1.807, 2.05) is 17.0 Å². The van der Waals surface area contributed by atoms with E-state index in [4.69, 9.17) is 0 Å². The van der Waals surface area contributed by atoms with E-state index in [0.29, 0.717) is 13.1 Å². The molecule has 3 fully saturated rings. The number of rotatable bonds is 5. The molecule has 0 N–H and O–H groups in total. The Kier molecular flexibility index (Phi) is 6.27. The largest absolute Gasteiger partial charge is 0.339 e. The van der Waals surface area contributed by atoms with Gasteiger partial charge >= 0.3 is 0 Å². The van der Waals surface area contributed by atoms with Gasteiger partial charge in [0.1, 0.15) is 6.54 Å². The summed E-state index contributed by atoms with van der Waals surface area (Å²) in [5.41, 5.74) is 2.47. The summed E-state index contributed by atoms with van der Waals surface area (Å²) in [6.07, 6.45) is 3.54. The van der Waals surface area contributed by atoms with Gasteiger partial charge < -0.3 is 4.90 Å². The molecule has 6 heteroatoms. The summed E-state index contributed by atoms with van der Waals surface area (Å²) in [6.45, 7) is 2.57. The third-order valence-corrected chi connectivity index (χ3v) is 7.49. The van der Waals surface area contributed by atoms with Crippen LogP contribution in [0.3, 0.4) is 0 Å². The predicted molar refractivity (Wildman–Crippen MR) is 125 cm³/mol. The summed E-state index contributed by atoms with van der Waals surface area (Å²) in [5, 5.41) is 0. The topological polar surface area (TPSA) is 60.9 Å². The Bertz CT molecular complexity index is 938. The third-order valence-electron chi connectivity index (χ3n) is 7.49. The second-order valence-corrected chi connectivity index (χ2v) is 9.40. The fourth-order valence-corrected chi connectivity index (χ4v) is 5.74. The van der Waals surface area contributed by atoms with Crippen LogP contribution in [0.5, 0.6) is 0 Å². The summed E-state index contributed by atoms with van der Waals surface area (Å²) in [4.78, 5) is 44.0. The van der Waals surface area contributed by atoms with E-state index in [1.165, 1.54) is 16.0 Å². The van der Waals surface area contributed by atoms with Crippen LogP contribution in [-0.4, -0.2) is 65.1 Å². The Morgan fingerprint density at radius 3 is 1.73 bits per heavy atom. The van der Waals surface area contributed by atoms with Crippen molar-refractivity contribution in [3.63, 3.8) is 0 Å². The van der Waals surface area contributed by atoms with Gasteiger partial charge in [-0.1, -0.05) is 73.5 Å². The van der Waals surface area contributed by atoms with E-state index in [0.717, 1.165) is 38.8 Å². The average molecular weight is 446 g/mol. The Morgan fingerprint density at radius 2 is 1.24 bits per heavy atom. The van der Waals surface area contributed by atoms with Crippen LogP contribution >= 0.6 is 0 Å². The van der Waals surface area contributed by atoms with Crippen LogP contribution in [-0.2, 0) is 14.4 Å². The SMILES string of the molecule is O=C(CN1C(=O)C2CCCCC2C1=O)N1CCN(C(c2ccccc2)c2ccccc2)CC1. The van der Waals surface area contributed by atoms with Crippen LogP contribution in [0.1, 0.15) is 42.9 Å². The van der Waals surface area contributed by atoms with Crippen molar-refractivity contribution in [3.05, 3.63) is 71.8 Å². The zero-order valence-electron chi connectivity index (χ0n) is 18.9. The minimum atomic E-state index is -0.201. The maximum Gasteiger partial charge on any atom is 0.242 e. The molecule has 0 spiro atoms. The molecule has 2 aromatic rings. The number of likely N-dealkylation sites (tertiary alicyclic amines) is 1. The minimum Gasteiger partial charge on any atom is -0.339 e. The molecule has 3 amide bonds. The first kappa shape index (κ1) is 21.8. The number of benzene rings is 2. The van der Waals surface area contributed by atoms with Crippen molar-refractivity contribution in [2.45, 2.75) is 31.7 Å². The highest BCUT2D eigenvalue weighted by molar-refractivity contribution is 6.07. The van der Waals surface area contributed by atoms with Crippen molar-refractivity contribution in [2.75, 3.05) is 32.7 Å². The Balaban J connectivity index is 1.24. The predicted octanol–water partition coefficient (Wildman–Crippen LogP) is 3.10. The normalized spacial score (nSPS) is 23.8. The van der Waals surface area contributed by atoms with Crippen molar-refractivity contribution in [1.82, 2.24) is 14.7 Å². The van der Waals surface area contributed by atoms with E-state index in [9.17, 15) is 14.4 Å². The van der Waals surface area contributed by atoms with Gasteiger partial charge in [-0.3, -0.25) is 24.2 Å². The number of carbonyl (C=O) groups excluding carboxylic acids is 3.